The molecular weight excluding hydrogens is 626 g/mol. The lowest BCUT2D eigenvalue weighted by molar-refractivity contribution is -0.156. The SMILES string of the molecule is COC(=O)NC(C(=O)N[C@@H](Cc1ccccc1)C(CN(N)Cc1ccc(-c2ccccc2)cc1)OC(=O)C(NC(=O)OC)C(C)C)C(C)C. The number of nitrogens with one attached hydrogen (secondary N) is 3. The zero-order chi connectivity index (χ0) is 35.9. The fourth-order valence-corrected chi connectivity index (χ4v) is 5.25. The second-order valence-corrected chi connectivity index (χ2v) is 12.5. The minimum Gasteiger partial charge on any atom is -0.457 e. The van der Waals surface area contributed by atoms with Crippen LogP contribution in [0.3, 0.4) is 0 Å². The molecule has 5 N–H and O–H groups in total. The van der Waals surface area contributed by atoms with Gasteiger partial charge in [-0.3, -0.25) is 10.6 Å². The van der Waals surface area contributed by atoms with Gasteiger partial charge in [-0.15, -0.1) is 0 Å². The van der Waals surface area contributed by atoms with Crippen LogP contribution in [0.2, 0.25) is 0 Å². The highest BCUT2D eigenvalue weighted by Gasteiger charge is 2.35. The maximum Gasteiger partial charge on any atom is 0.407 e. The van der Waals surface area contributed by atoms with Crippen LogP contribution in [0, 0.1) is 11.8 Å². The molecule has 49 heavy (non-hydrogen) atoms. The zero-order valence-corrected chi connectivity index (χ0v) is 29.1. The quantitative estimate of drug-likeness (QED) is 0.0745. The van der Waals surface area contributed by atoms with E-state index in [1.807, 2.05) is 84.9 Å². The van der Waals surface area contributed by atoms with Crippen molar-refractivity contribution >= 4 is 24.1 Å². The molecule has 264 valence electrons. The van der Waals surface area contributed by atoms with Gasteiger partial charge < -0.3 is 30.2 Å². The average molecular weight is 676 g/mol. The molecule has 4 atom stereocenters. The van der Waals surface area contributed by atoms with Crippen LogP contribution in [-0.2, 0) is 36.8 Å². The summed E-state index contributed by atoms with van der Waals surface area (Å²) in [6.45, 7) is 7.44. The molecule has 0 radical (unpaired) electrons. The summed E-state index contributed by atoms with van der Waals surface area (Å²) in [5, 5.41) is 9.67. The van der Waals surface area contributed by atoms with Crippen molar-refractivity contribution in [2.45, 2.75) is 64.9 Å². The van der Waals surface area contributed by atoms with Gasteiger partial charge >= 0.3 is 18.2 Å². The number of nitrogens with two attached hydrogens (primary N) is 1. The molecule has 12 nitrogen and oxygen atoms in total. The molecule has 3 amide bonds. The highest BCUT2D eigenvalue weighted by molar-refractivity contribution is 5.86. The van der Waals surface area contributed by atoms with Gasteiger partial charge in [0.2, 0.25) is 5.91 Å². The van der Waals surface area contributed by atoms with E-state index in [9.17, 15) is 19.2 Å². The molecule has 12 heteroatoms. The number of amides is 3. The van der Waals surface area contributed by atoms with Crippen LogP contribution in [0.15, 0.2) is 84.9 Å². The molecule has 3 unspecified atom stereocenters. The molecule has 3 aromatic carbocycles. The van der Waals surface area contributed by atoms with Crippen molar-refractivity contribution in [1.82, 2.24) is 21.0 Å². The van der Waals surface area contributed by atoms with E-state index >= 15 is 0 Å². The van der Waals surface area contributed by atoms with Crippen molar-refractivity contribution < 1.29 is 33.4 Å². The molecule has 0 bridgehead atoms. The van der Waals surface area contributed by atoms with E-state index in [2.05, 4.69) is 16.0 Å². The second-order valence-electron chi connectivity index (χ2n) is 12.5. The Balaban J connectivity index is 1.94. The Hall–Kier alpha value is -4.94. The average Bonchev–Trinajstić information content (AvgIpc) is 3.09. The molecule has 0 saturated carbocycles. The number of hydrazine groups is 1. The summed E-state index contributed by atoms with van der Waals surface area (Å²) in [6.07, 6.45) is -2.26. The number of hydrogen-bond donors (Lipinski definition) is 4. The fraction of sp³-hybridized carbons (Fsp3) is 0.405. The molecule has 0 spiro atoms. The maximum absolute atomic E-state index is 13.7. The largest absolute Gasteiger partial charge is 0.457 e. The highest BCUT2D eigenvalue weighted by atomic mass is 16.6. The first-order valence-corrected chi connectivity index (χ1v) is 16.3. The Labute approximate surface area is 288 Å². The van der Waals surface area contributed by atoms with Crippen LogP contribution in [0.1, 0.15) is 38.8 Å². The number of alkyl carbamates (subject to hydrolysis) is 2. The normalized spacial score (nSPS) is 13.6. The van der Waals surface area contributed by atoms with E-state index < -0.39 is 48.3 Å². The summed E-state index contributed by atoms with van der Waals surface area (Å²) < 4.78 is 15.6. The number of nitrogens with zero attached hydrogens (tertiary/aromatic N) is 1. The lowest BCUT2D eigenvalue weighted by Gasteiger charge is -2.34. The summed E-state index contributed by atoms with van der Waals surface area (Å²) in [5.41, 5.74) is 3.93. The highest BCUT2D eigenvalue weighted by Crippen LogP contribution is 2.20. The first-order chi connectivity index (χ1) is 23.4. The molecule has 0 aliphatic rings. The topological polar surface area (TPSA) is 161 Å². The van der Waals surface area contributed by atoms with E-state index in [1.54, 1.807) is 27.7 Å². The van der Waals surface area contributed by atoms with Crippen LogP contribution in [-0.4, -0.2) is 74.1 Å². The Morgan fingerprint density at radius 1 is 0.673 bits per heavy atom. The number of benzene rings is 3. The number of carbonyl (C=O) groups excluding carboxylic acids is 4. The van der Waals surface area contributed by atoms with E-state index in [4.69, 9.17) is 20.1 Å². The van der Waals surface area contributed by atoms with Gasteiger partial charge in [0.05, 0.1) is 26.8 Å². The maximum atomic E-state index is 13.7. The summed E-state index contributed by atoms with van der Waals surface area (Å²) in [5.74, 6) is 4.74. The summed E-state index contributed by atoms with van der Waals surface area (Å²) in [4.78, 5) is 51.7. The molecule has 0 aromatic heterocycles. The molecule has 0 heterocycles. The van der Waals surface area contributed by atoms with Crippen LogP contribution in [0.5, 0.6) is 0 Å². The van der Waals surface area contributed by atoms with Crippen molar-refractivity contribution in [3.63, 3.8) is 0 Å². The van der Waals surface area contributed by atoms with Crippen LogP contribution in [0.4, 0.5) is 9.59 Å². The third-order valence-corrected chi connectivity index (χ3v) is 7.99. The molecule has 0 aliphatic heterocycles. The third-order valence-electron chi connectivity index (χ3n) is 7.99. The Morgan fingerprint density at radius 2 is 1.18 bits per heavy atom. The number of ether oxygens (including phenoxy) is 3. The van der Waals surface area contributed by atoms with Crippen molar-refractivity contribution in [2.75, 3.05) is 20.8 Å². The van der Waals surface area contributed by atoms with Gasteiger partial charge in [-0.2, -0.15) is 0 Å². The van der Waals surface area contributed by atoms with Gasteiger partial charge in [0.25, 0.3) is 0 Å². The smallest absolute Gasteiger partial charge is 0.407 e. The lowest BCUT2D eigenvalue weighted by Crippen LogP contribution is -2.58. The minimum absolute atomic E-state index is 0.0176. The fourth-order valence-electron chi connectivity index (χ4n) is 5.25. The first kappa shape index (κ1) is 38.5. The van der Waals surface area contributed by atoms with Crippen molar-refractivity contribution in [3.05, 3.63) is 96.1 Å². The number of carbonyl (C=O) groups is 4. The first-order valence-electron chi connectivity index (χ1n) is 16.3. The number of rotatable bonds is 16. The van der Waals surface area contributed by atoms with Gasteiger partial charge in [0.15, 0.2) is 0 Å². The Morgan fingerprint density at radius 3 is 1.71 bits per heavy atom. The van der Waals surface area contributed by atoms with Gasteiger partial charge in [-0.05, 0) is 40.5 Å². The van der Waals surface area contributed by atoms with Gasteiger partial charge in [0, 0.05) is 6.54 Å². The predicted octanol–water partition coefficient (Wildman–Crippen LogP) is 4.43. The van der Waals surface area contributed by atoms with E-state index in [0.717, 1.165) is 22.3 Å². The van der Waals surface area contributed by atoms with E-state index in [1.165, 1.54) is 19.2 Å². The van der Waals surface area contributed by atoms with Gasteiger partial charge in [-0.25, -0.2) is 19.4 Å². The van der Waals surface area contributed by atoms with Gasteiger partial charge in [-0.1, -0.05) is 113 Å². The van der Waals surface area contributed by atoms with Crippen molar-refractivity contribution in [1.29, 1.82) is 0 Å². The zero-order valence-electron chi connectivity index (χ0n) is 29.1. The van der Waals surface area contributed by atoms with Crippen molar-refractivity contribution in [2.24, 2.45) is 17.7 Å². The summed E-state index contributed by atoms with van der Waals surface area (Å²) >= 11 is 0. The Kier molecular flexibility index (Phi) is 15.1. The standard InChI is InChI=1S/C37H49N5O7/c1-24(2)32(40-36(45)47-5)34(43)39-30(21-26-13-9-7-10-14-26)31(49-35(44)33(25(3)4)41-37(46)48-6)23-42(38)22-27-17-19-29(20-18-27)28-15-11-8-12-16-28/h7-20,24-25,30-33H,21-23,38H2,1-6H3,(H,39,43)(H,40,45)(H,41,46)/t30-,31?,32?,33?/m0/s1. The predicted molar refractivity (Wildman–Crippen MR) is 187 cm³/mol. The molecule has 0 fully saturated rings. The molecule has 0 aliphatic carbocycles. The molecule has 3 aromatic rings. The second kappa shape index (κ2) is 19.2. The Bertz CT molecular complexity index is 1490. The number of hydrogen-bond acceptors (Lipinski definition) is 9. The van der Waals surface area contributed by atoms with Crippen LogP contribution < -0.4 is 21.8 Å². The van der Waals surface area contributed by atoms with Crippen LogP contribution >= 0.6 is 0 Å². The summed E-state index contributed by atoms with van der Waals surface area (Å²) in [7, 11) is 2.43. The molecule has 0 saturated heterocycles. The minimum atomic E-state index is -1.04. The lowest BCUT2D eigenvalue weighted by atomic mass is 9.97. The molecule has 3 rings (SSSR count). The molecular formula is C37H49N5O7. The summed E-state index contributed by atoms with van der Waals surface area (Å²) in [6, 6.07) is 24.6. The van der Waals surface area contributed by atoms with E-state index in [0.29, 0.717) is 6.54 Å². The third kappa shape index (κ3) is 12.2. The van der Waals surface area contributed by atoms with Crippen molar-refractivity contribution in [3.8, 4) is 11.1 Å². The number of esters is 1. The van der Waals surface area contributed by atoms with Gasteiger partial charge in [0.1, 0.15) is 18.2 Å². The number of methoxy groups -OCH3 is 2. The van der Waals surface area contributed by atoms with E-state index in [-0.39, 0.29) is 24.8 Å². The monoisotopic (exact) mass is 675 g/mol. The van der Waals surface area contributed by atoms with Crippen LogP contribution in [0.25, 0.3) is 11.1 Å².